The van der Waals surface area contributed by atoms with Crippen molar-refractivity contribution in [2.24, 2.45) is 5.73 Å². The second-order valence-electron chi connectivity index (χ2n) is 5.87. The zero-order valence-electron chi connectivity index (χ0n) is 14.6. The van der Waals surface area contributed by atoms with Crippen molar-refractivity contribution in [3.8, 4) is 5.75 Å². The maximum atomic E-state index is 12.0. The summed E-state index contributed by atoms with van der Waals surface area (Å²) in [7, 11) is 0. The fourth-order valence-corrected chi connectivity index (χ4v) is 2.37. The number of nitrogens with two attached hydrogens (primary N) is 1. The molecule has 0 bridgehead atoms. The van der Waals surface area contributed by atoms with Crippen molar-refractivity contribution in [3.05, 3.63) is 59.7 Å². The number of anilines is 1. The third-order valence-corrected chi connectivity index (χ3v) is 3.79. The molecular weight excluding hydrogens is 318 g/mol. The molecule has 3 amide bonds. The molecule has 2 rings (SSSR count). The van der Waals surface area contributed by atoms with Crippen LogP contribution in [0.2, 0.25) is 0 Å². The Bertz CT molecular complexity index is 747. The van der Waals surface area contributed by atoms with Crippen LogP contribution < -0.4 is 21.1 Å². The Balaban J connectivity index is 2.03. The average Bonchev–Trinajstić information content (AvgIpc) is 2.57. The SMILES string of the molecule is Cc1cc(O[C@H](C)c2ccccc2)ccc1NC(=O)[C@@H](C)NC(N)=O. The van der Waals surface area contributed by atoms with E-state index in [1.807, 2.05) is 50.2 Å². The number of carbonyl (C=O) groups is 2. The quantitative estimate of drug-likeness (QED) is 0.753. The summed E-state index contributed by atoms with van der Waals surface area (Å²) >= 11 is 0. The molecule has 2 aromatic rings. The average molecular weight is 341 g/mol. The minimum atomic E-state index is -0.738. The van der Waals surface area contributed by atoms with E-state index in [1.165, 1.54) is 0 Å². The zero-order valence-corrected chi connectivity index (χ0v) is 14.6. The molecule has 0 aliphatic rings. The first-order valence-electron chi connectivity index (χ1n) is 8.06. The molecule has 2 atom stereocenters. The van der Waals surface area contributed by atoms with Crippen molar-refractivity contribution >= 4 is 17.6 Å². The Labute approximate surface area is 147 Å². The number of hydrogen-bond acceptors (Lipinski definition) is 3. The molecule has 0 aromatic heterocycles. The molecule has 6 nitrogen and oxygen atoms in total. The van der Waals surface area contributed by atoms with E-state index in [0.29, 0.717) is 5.69 Å². The van der Waals surface area contributed by atoms with E-state index in [4.69, 9.17) is 10.5 Å². The third-order valence-electron chi connectivity index (χ3n) is 3.79. The molecule has 0 saturated heterocycles. The fraction of sp³-hybridized carbons (Fsp3) is 0.263. The van der Waals surface area contributed by atoms with Crippen molar-refractivity contribution < 1.29 is 14.3 Å². The number of aryl methyl sites for hydroxylation is 1. The van der Waals surface area contributed by atoms with Crippen LogP contribution in [-0.2, 0) is 4.79 Å². The van der Waals surface area contributed by atoms with E-state index >= 15 is 0 Å². The van der Waals surface area contributed by atoms with Crippen LogP contribution in [0.15, 0.2) is 48.5 Å². The van der Waals surface area contributed by atoms with Crippen LogP contribution in [0.25, 0.3) is 0 Å². The van der Waals surface area contributed by atoms with Crippen molar-refractivity contribution in [1.29, 1.82) is 0 Å². The van der Waals surface area contributed by atoms with Crippen molar-refractivity contribution in [3.63, 3.8) is 0 Å². The number of ether oxygens (including phenoxy) is 1. The van der Waals surface area contributed by atoms with E-state index in [2.05, 4.69) is 10.6 Å². The molecule has 0 aliphatic heterocycles. The molecule has 0 radical (unpaired) electrons. The first-order valence-corrected chi connectivity index (χ1v) is 8.06. The van der Waals surface area contributed by atoms with Crippen LogP contribution in [0.4, 0.5) is 10.5 Å². The second-order valence-corrected chi connectivity index (χ2v) is 5.87. The van der Waals surface area contributed by atoms with E-state index in [1.54, 1.807) is 19.1 Å². The summed E-state index contributed by atoms with van der Waals surface area (Å²) in [5, 5.41) is 5.10. The molecule has 0 spiro atoms. The summed E-state index contributed by atoms with van der Waals surface area (Å²) in [6.07, 6.45) is -0.0826. The van der Waals surface area contributed by atoms with Crippen LogP contribution >= 0.6 is 0 Å². The summed E-state index contributed by atoms with van der Waals surface area (Å²) in [5.41, 5.74) is 7.62. The van der Waals surface area contributed by atoms with E-state index in [0.717, 1.165) is 16.9 Å². The van der Waals surface area contributed by atoms with Crippen molar-refractivity contribution in [2.45, 2.75) is 32.9 Å². The Morgan fingerprint density at radius 1 is 1.08 bits per heavy atom. The van der Waals surface area contributed by atoms with Crippen LogP contribution in [0, 0.1) is 6.92 Å². The minimum absolute atomic E-state index is 0.0826. The van der Waals surface area contributed by atoms with Crippen molar-refractivity contribution in [2.75, 3.05) is 5.32 Å². The van der Waals surface area contributed by atoms with Gasteiger partial charge in [0.05, 0.1) is 0 Å². The second kappa shape index (κ2) is 8.19. The standard InChI is InChI=1S/C19H23N3O3/c1-12-11-16(25-14(3)15-7-5-4-6-8-15)9-10-17(12)22-18(23)13(2)21-19(20)24/h4-11,13-14H,1-3H3,(H,22,23)(H3,20,21,24)/t13-,14-/m1/s1. The molecule has 4 N–H and O–H groups in total. The lowest BCUT2D eigenvalue weighted by Gasteiger charge is -2.17. The fourth-order valence-electron chi connectivity index (χ4n) is 2.37. The molecule has 0 fully saturated rings. The first-order chi connectivity index (χ1) is 11.9. The van der Waals surface area contributed by atoms with Gasteiger partial charge in [-0.15, -0.1) is 0 Å². The van der Waals surface area contributed by atoms with Crippen LogP contribution in [0.1, 0.15) is 31.1 Å². The third kappa shape index (κ3) is 5.24. The zero-order chi connectivity index (χ0) is 18.4. The lowest BCUT2D eigenvalue weighted by atomic mass is 10.1. The van der Waals surface area contributed by atoms with E-state index in [9.17, 15) is 9.59 Å². The van der Waals surface area contributed by atoms with Gasteiger partial charge in [-0.3, -0.25) is 4.79 Å². The number of carbonyl (C=O) groups excluding carboxylic acids is 2. The Kier molecular flexibility index (Phi) is 6.00. The van der Waals surface area contributed by atoms with Gasteiger partial charge in [0.25, 0.3) is 0 Å². The lowest BCUT2D eigenvalue weighted by Crippen LogP contribution is -2.44. The first kappa shape index (κ1) is 18.3. The van der Waals surface area contributed by atoms with Gasteiger partial charge in [-0.2, -0.15) is 0 Å². The number of amides is 3. The number of urea groups is 1. The summed E-state index contributed by atoms with van der Waals surface area (Å²) in [4.78, 5) is 22.8. The molecule has 0 unspecified atom stereocenters. The van der Waals surface area contributed by atoms with Crippen molar-refractivity contribution in [1.82, 2.24) is 5.32 Å². The van der Waals surface area contributed by atoms with Crippen LogP contribution in [0.5, 0.6) is 5.75 Å². The smallest absolute Gasteiger partial charge is 0.312 e. The predicted octanol–water partition coefficient (Wildman–Crippen LogP) is 3.13. The van der Waals surface area contributed by atoms with Crippen LogP contribution in [0.3, 0.4) is 0 Å². The highest BCUT2D eigenvalue weighted by Crippen LogP contribution is 2.26. The molecule has 0 saturated carbocycles. The van der Waals surface area contributed by atoms with E-state index < -0.39 is 12.1 Å². The van der Waals surface area contributed by atoms with Crippen LogP contribution in [-0.4, -0.2) is 18.0 Å². The van der Waals surface area contributed by atoms with Gasteiger partial charge in [-0.05, 0) is 50.1 Å². The highest BCUT2D eigenvalue weighted by molar-refractivity contribution is 5.97. The Morgan fingerprint density at radius 3 is 2.36 bits per heavy atom. The van der Waals surface area contributed by atoms with Gasteiger partial charge in [0.2, 0.25) is 5.91 Å². The monoisotopic (exact) mass is 341 g/mol. The van der Waals surface area contributed by atoms with Gasteiger partial charge in [0.1, 0.15) is 17.9 Å². The molecule has 0 heterocycles. The number of primary amides is 1. The van der Waals surface area contributed by atoms with Gasteiger partial charge >= 0.3 is 6.03 Å². The lowest BCUT2D eigenvalue weighted by molar-refractivity contribution is -0.117. The predicted molar refractivity (Wildman–Crippen MR) is 97.5 cm³/mol. The summed E-state index contributed by atoms with van der Waals surface area (Å²) < 4.78 is 5.96. The van der Waals surface area contributed by atoms with Gasteiger partial charge in [0.15, 0.2) is 0 Å². The number of nitrogens with one attached hydrogen (secondary N) is 2. The summed E-state index contributed by atoms with van der Waals surface area (Å²) in [6.45, 7) is 5.42. The summed E-state index contributed by atoms with van der Waals surface area (Å²) in [6, 6.07) is 13.9. The highest BCUT2D eigenvalue weighted by Gasteiger charge is 2.15. The number of benzene rings is 2. The molecule has 132 valence electrons. The number of hydrogen-bond donors (Lipinski definition) is 3. The van der Waals surface area contributed by atoms with Gasteiger partial charge in [-0.25, -0.2) is 4.79 Å². The number of rotatable bonds is 6. The minimum Gasteiger partial charge on any atom is -0.486 e. The van der Waals surface area contributed by atoms with Gasteiger partial charge in [-0.1, -0.05) is 30.3 Å². The van der Waals surface area contributed by atoms with Gasteiger partial charge < -0.3 is 21.1 Å². The highest BCUT2D eigenvalue weighted by atomic mass is 16.5. The molecule has 25 heavy (non-hydrogen) atoms. The Hall–Kier alpha value is -3.02. The molecule has 0 aliphatic carbocycles. The molecule has 2 aromatic carbocycles. The Morgan fingerprint density at radius 2 is 1.76 bits per heavy atom. The van der Waals surface area contributed by atoms with Gasteiger partial charge in [0, 0.05) is 5.69 Å². The maximum Gasteiger partial charge on any atom is 0.312 e. The molecule has 6 heteroatoms. The molecular formula is C19H23N3O3. The topological polar surface area (TPSA) is 93.4 Å². The normalized spacial score (nSPS) is 12.8. The maximum absolute atomic E-state index is 12.0. The largest absolute Gasteiger partial charge is 0.486 e. The summed E-state index contributed by atoms with van der Waals surface area (Å²) in [5.74, 6) is 0.378. The van der Waals surface area contributed by atoms with E-state index in [-0.39, 0.29) is 12.0 Å².